The monoisotopic (exact) mass is 327 g/mol. The molecule has 1 N–H and O–H groups in total. The zero-order chi connectivity index (χ0) is 16.8. The van der Waals surface area contributed by atoms with Crippen molar-refractivity contribution in [2.24, 2.45) is 0 Å². The predicted octanol–water partition coefficient (Wildman–Crippen LogP) is 3.78. The molecule has 0 aliphatic carbocycles. The Bertz CT molecular complexity index is 663. The topological polar surface area (TPSA) is 63.2 Å². The first-order chi connectivity index (χ1) is 11.8. The van der Waals surface area contributed by atoms with E-state index in [0.29, 0.717) is 18.6 Å². The number of hydrogen-bond acceptors (Lipinski definition) is 6. The van der Waals surface area contributed by atoms with Gasteiger partial charge in [0.2, 0.25) is 5.95 Å². The van der Waals surface area contributed by atoms with Crippen LogP contribution in [0.2, 0.25) is 0 Å². The summed E-state index contributed by atoms with van der Waals surface area (Å²) >= 11 is 0. The SMILES string of the molecule is CCOc1ccccc1Nc1nncc(N2CCCCC2CC)n1. The van der Waals surface area contributed by atoms with Crippen molar-refractivity contribution in [1.82, 2.24) is 15.2 Å². The lowest BCUT2D eigenvalue weighted by Crippen LogP contribution is -2.39. The van der Waals surface area contributed by atoms with Gasteiger partial charge in [0.05, 0.1) is 18.5 Å². The molecular weight excluding hydrogens is 302 g/mol. The van der Waals surface area contributed by atoms with Crippen molar-refractivity contribution in [3.8, 4) is 5.75 Å². The van der Waals surface area contributed by atoms with Crippen molar-refractivity contribution >= 4 is 17.5 Å². The number of piperidine rings is 1. The van der Waals surface area contributed by atoms with Crippen LogP contribution in [0.1, 0.15) is 39.5 Å². The van der Waals surface area contributed by atoms with E-state index in [1.54, 1.807) is 6.20 Å². The molecule has 3 rings (SSSR count). The maximum Gasteiger partial charge on any atom is 0.249 e. The first-order valence-corrected chi connectivity index (χ1v) is 8.77. The molecule has 0 spiro atoms. The third-order valence-electron chi connectivity index (χ3n) is 4.37. The largest absolute Gasteiger partial charge is 0.492 e. The molecule has 2 aromatic rings. The highest BCUT2D eigenvalue weighted by atomic mass is 16.5. The zero-order valence-corrected chi connectivity index (χ0v) is 14.4. The van der Waals surface area contributed by atoms with E-state index in [0.717, 1.165) is 30.2 Å². The Morgan fingerprint density at radius 2 is 2.12 bits per heavy atom. The predicted molar refractivity (Wildman–Crippen MR) is 96.0 cm³/mol. The number of anilines is 3. The van der Waals surface area contributed by atoms with Crippen LogP contribution in [0.3, 0.4) is 0 Å². The van der Waals surface area contributed by atoms with Crippen molar-refractivity contribution in [3.63, 3.8) is 0 Å². The van der Waals surface area contributed by atoms with Crippen LogP contribution in [0, 0.1) is 0 Å². The third kappa shape index (κ3) is 3.75. The molecule has 1 fully saturated rings. The average molecular weight is 327 g/mol. The van der Waals surface area contributed by atoms with Gasteiger partial charge in [0, 0.05) is 12.6 Å². The lowest BCUT2D eigenvalue weighted by Gasteiger charge is -2.35. The minimum Gasteiger partial charge on any atom is -0.492 e. The van der Waals surface area contributed by atoms with Gasteiger partial charge in [0.1, 0.15) is 5.75 Å². The van der Waals surface area contributed by atoms with Crippen LogP contribution in [-0.2, 0) is 0 Å². The lowest BCUT2D eigenvalue weighted by molar-refractivity contribution is 0.342. The van der Waals surface area contributed by atoms with Crippen LogP contribution in [0.15, 0.2) is 30.5 Å². The molecule has 6 heteroatoms. The average Bonchev–Trinajstić information content (AvgIpc) is 2.64. The van der Waals surface area contributed by atoms with E-state index in [4.69, 9.17) is 4.74 Å². The molecule has 1 aromatic heterocycles. The normalized spacial score (nSPS) is 17.6. The van der Waals surface area contributed by atoms with Gasteiger partial charge in [-0.2, -0.15) is 10.1 Å². The van der Waals surface area contributed by atoms with Gasteiger partial charge in [0.25, 0.3) is 0 Å². The van der Waals surface area contributed by atoms with Crippen molar-refractivity contribution < 1.29 is 4.74 Å². The second-order valence-electron chi connectivity index (χ2n) is 5.94. The standard InChI is InChI=1S/C18H25N5O/c1-3-14-9-7-8-12-23(14)17-13-19-22-18(21-17)20-15-10-5-6-11-16(15)24-4-2/h5-6,10-11,13-14H,3-4,7-9,12H2,1-2H3,(H,20,21,22). The smallest absolute Gasteiger partial charge is 0.249 e. The summed E-state index contributed by atoms with van der Waals surface area (Å²) in [4.78, 5) is 7.04. The molecule has 1 unspecified atom stereocenters. The molecular formula is C18H25N5O. The van der Waals surface area contributed by atoms with E-state index in [9.17, 15) is 0 Å². The Morgan fingerprint density at radius 3 is 2.96 bits per heavy atom. The van der Waals surface area contributed by atoms with Crippen LogP contribution < -0.4 is 15.0 Å². The van der Waals surface area contributed by atoms with Gasteiger partial charge in [-0.05, 0) is 44.7 Å². The molecule has 6 nitrogen and oxygen atoms in total. The summed E-state index contributed by atoms with van der Waals surface area (Å²) in [5.74, 6) is 2.19. The maximum absolute atomic E-state index is 5.64. The molecule has 1 saturated heterocycles. The molecule has 1 aliphatic rings. The number of aromatic nitrogens is 3. The molecule has 1 aromatic carbocycles. The second-order valence-corrected chi connectivity index (χ2v) is 5.94. The van der Waals surface area contributed by atoms with Gasteiger partial charge >= 0.3 is 0 Å². The molecule has 24 heavy (non-hydrogen) atoms. The first-order valence-electron chi connectivity index (χ1n) is 8.77. The number of hydrogen-bond donors (Lipinski definition) is 1. The van der Waals surface area contributed by atoms with Crippen molar-refractivity contribution in [2.45, 2.75) is 45.6 Å². The van der Waals surface area contributed by atoms with Crippen LogP contribution in [0.5, 0.6) is 5.75 Å². The Balaban J connectivity index is 1.81. The van der Waals surface area contributed by atoms with Crippen molar-refractivity contribution in [1.29, 1.82) is 0 Å². The molecule has 1 aliphatic heterocycles. The molecule has 2 heterocycles. The van der Waals surface area contributed by atoms with E-state index in [2.05, 4.69) is 32.3 Å². The molecule has 0 radical (unpaired) electrons. The van der Waals surface area contributed by atoms with Gasteiger partial charge in [-0.1, -0.05) is 19.1 Å². The molecule has 0 bridgehead atoms. The third-order valence-corrected chi connectivity index (χ3v) is 4.37. The van der Waals surface area contributed by atoms with Crippen LogP contribution in [0.25, 0.3) is 0 Å². The molecule has 0 amide bonds. The second kappa shape index (κ2) is 7.95. The highest BCUT2D eigenvalue weighted by Crippen LogP contribution is 2.28. The van der Waals surface area contributed by atoms with E-state index in [1.807, 2.05) is 31.2 Å². The fourth-order valence-electron chi connectivity index (χ4n) is 3.18. The quantitative estimate of drug-likeness (QED) is 0.871. The van der Waals surface area contributed by atoms with Gasteiger partial charge in [0.15, 0.2) is 5.82 Å². The van der Waals surface area contributed by atoms with Gasteiger partial charge in [-0.25, -0.2) is 0 Å². The van der Waals surface area contributed by atoms with Crippen molar-refractivity contribution in [3.05, 3.63) is 30.5 Å². The van der Waals surface area contributed by atoms with Crippen LogP contribution in [0.4, 0.5) is 17.5 Å². The van der Waals surface area contributed by atoms with Crippen molar-refractivity contribution in [2.75, 3.05) is 23.4 Å². The van der Waals surface area contributed by atoms with Gasteiger partial charge < -0.3 is 15.0 Å². The van der Waals surface area contributed by atoms with E-state index in [1.165, 1.54) is 19.3 Å². The van der Waals surface area contributed by atoms with E-state index < -0.39 is 0 Å². The highest BCUT2D eigenvalue weighted by Gasteiger charge is 2.22. The Labute approximate surface area is 143 Å². The van der Waals surface area contributed by atoms with Crippen LogP contribution in [-0.4, -0.2) is 34.4 Å². The van der Waals surface area contributed by atoms with E-state index in [-0.39, 0.29) is 0 Å². The van der Waals surface area contributed by atoms with Gasteiger partial charge in [-0.3, -0.25) is 0 Å². The summed E-state index contributed by atoms with van der Waals surface area (Å²) in [6, 6.07) is 8.34. The van der Waals surface area contributed by atoms with Gasteiger partial charge in [-0.15, -0.1) is 5.10 Å². The number of ether oxygens (including phenoxy) is 1. The summed E-state index contributed by atoms with van der Waals surface area (Å²) in [6.07, 6.45) is 6.60. The van der Waals surface area contributed by atoms with Crippen LogP contribution >= 0.6 is 0 Å². The number of nitrogens with one attached hydrogen (secondary N) is 1. The minimum absolute atomic E-state index is 0.500. The number of para-hydroxylation sites is 2. The lowest BCUT2D eigenvalue weighted by atomic mass is 10.0. The Kier molecular flexibility index (Phi) is 5.46. The summed E-state index contributed by atoms with van der Waals surface area (Å²) in [5, 5.41) is 11.5. The summed E-state index contributed by atoms with van der Waals surface area (Å²) in [5.41, 5.74) is 0.851. The van der Waals surface area contributed by atoms with E-state index >= 15 is 0 Å². The first kappa shape index (κ1) is 16.5. The molecule has 128 valence electrons. The number of rotatable bonds is 6. The fraction of sp³-hybridized carbons (Fsp3) is 0.500. The summed E-state index contributed by atoms with van der Waals surface area (Å²) in [6.45, 7) is 5.85. The Hall–Kier alpha value is -2.37. The number of benzene rings is 1. The highest BCUT2D eigenvalue weighted by molar-refractivity contribution is 5.62. The summed E-state index contributed by atoms with van der Waals surface area (Å²) < 4.78 is 5.64. The Morgan fingerprint density at radius 1 is 1.25 bits per heavy atom. The zero-order valence-electron chi connectivity index (χ0n) is 14.4. The number of nitrogens with zero attached hydrogens (tertiary/aromatic N) is 4. The summed E-state index contributed by atoms with van der Waals surface area (Å²) in [7, 11) is 0. The maximum atomic E-state index is 5.64. The fourth-order valence-corrected chi connectivity index (χ4v) is 3.18. The molecule has 0 saturated carbocycles. The molecule has 1 atom stereocenters. The minimum atomic E-state index is 0.500.